The Labute approximate surface area is 65.9 Å². The van der Waals surface area contributed by atoms with Gasteiger partial charge in [0.1, 0.15) is 5.82 Å². The second-order valence-electron chi connectivity index (χ2n) is 2.49. The third kappa shape index (κ3) is 1.86. The first-order chi connectivity index (χ1) is 5.24. The van der Waals surface area contributed by atoms with Crippen molar-refractivity contribution in [2.45, 2.75) is 26.8 Å². The van der Waals surface area contributed by atoms with Gasteiger partial charge in [-0.1, -0.05) is 19.1 Å². The molecule has 11 heavy (non-hydrogen) atoms. The third-order valence-electron chi connectivity index (χ3n) is 1.58. The first kappa shape index (κ1) is 7.91. The summed E-state index contributed by atoms with van der Waals surface area (Å²) in [5.74, 6) is 0.833. The molecule has 1 aromatic heterocycles. The van der Waals surface area contributed by atoms with Gasteiger partial charge in [0, 0.05) is 0 Å². The molecule has 60 valence electrons. The van der Waals surface area contributed by atoms with Gasteiger partial charge < -0.3 is 0 Å². The molecule has 0 spiro atoms. The highest BCUT2D eigenvalue weighted by molar-refractivity contribution is 4.93. The molecule has 0 aliphatic heterocycles. The van der Waals surface area contributed by atoms with E-state index in [1.54, 1.807) is 4.68 Å². The maximum Gasteiger partial charge on any atom is 0.148 e. The molecule has 0 N–H and O–H groups in total. The Morgan fingerprint density at radius 1 is 1.64 bits per heavy atom. The molecule has 4 heteroatoms. The molecule has 0 unspecified atom stereocenters. The predicted octanol–water partition coefficient (Wildman–Crippen LogP) is 0.948. The van der Waals surface area contributed by atoms with E-state index >= 15 is 0 Å². The molecule has 1 rings (SSSR count). The largest absolute Gasteiger partial charge is 0.226 e. The molecule has 0 fully saturated rings. The summed E-state index contributed by atoms with van der Waals surface area (Å²) in [4.78, 5) is 0. The number of aryl methyl sites for hydroxylation is 1. The molecule has 0 saturated heterocycles. The van der Waals surface area contributed by atoms with Crippen molar-refractivity contribution in [3.63, 3.8) is 0 Å². The van der Waals surface area contributed by atoms with Gasteiger partial charge in [0.05, 0.1) is 6.54 Å². The first-order valence-corrected chi connectivity index (χ1v) is 3.63. The number of hydrogen-bond acceptors (Lipinski definition) is 3. The summed E-state index contributed by atoms with van der Waals surface area (Å²) in [6.07, 6.45) is 0.972. The van der Waals surface area contributed by atoms with Gasteiger partial charge in [-0.3, -0.25) is 0 Å². The zero-order valence-corrected chi connectivity index (χ0v) is 6.91. The highest BCUT2D eigenvalue weighted by Crippen LogP contribution is 2.00. The summed E-state index contributed by atoms with van der Waals surface area (Å²) in [6.45, 7) is 8.55. The fourth-order valence-electron chi connectivity index (χ4n) is 0.719. The molecule has 4 nitrogen and oxygen atoms in total. The minimum absolute atomic E-state index is 0.731. The molecule has 0 aliphatic carbocycles. The van der Waals surface area contributed by atoms with Crippen molar-refractivity contribution in [2.75, 3.05) is 0 Å². The topological polar surface area (TPSA) is 43.6 Å². The Balaban J connectivity index is 2.64. The molecule has 0 radical (unpaired) electrons. The van der Waals surface area contributed by atoms with Gasteiger partial charge in [-0.25, -0.2) is 4.68 Å². The number of tetrazole rings is 1. The van der Waals surface area contributed by atoms with Gasteiger partial charge in [-0.2, -0.15) is 0 Å². The lowest BCUT2D eigenvalue weighted by Crippen LogP contribution is -2.04. The van der Waals surface area contributed by atoms with E-state index in [-0.39, 0.29) is 0 Å². The number of hydrogen-bond donors (Lipinski definition) is 0. The molecule has 1 heterocycles. The lowest BCUT2D eigenvalue weighted by atomic mass is 10.2. The summed E-state index contributed by atoms with van der Waals surface area (Å²) in [5, 5.41) is 11.1. The maximum absolute atomic E-state index is 3.87. The average Bonchev–Trinajstić information content (AvgIpc) is 2.37. The summed E-state index contributed by atoms with van der Waals surface area (Å²) in [6, 6.07) is 0. The normalized spacial score (nSPS) is 10.0. The molecule has 0 saturated carbocycles. The second kappa shape index (κ2) is 3.27. The third-order valence-corrected chi connectivity index (χ3v) is 1.58. The molecule has 0 aromatic carbocycles. The van der Waals surface area contributed by atoms with Crippen molar-refractivity contribution in [2.24, 2.45) is 0 Å². The van der Waals surface area contributed by atoms with Crippen LogP contribution in [0.5, 0.6) is 0 Å². The number of nitrogens with zero attached hydrogens (tertiary/aromatic N) is 4. The lowest BCUT2D eigenvalue weighted by molar-refractivity contribution is 0.617. The van der Waals surface area contributed by atoms with E-state index in [9.17, 15) is 0 Å². The zero-order valence-electron chi connectivity index (χ0n) is 6.91. The van der Waals surface area contributed by atoms with E-state index in [0.717, 1.165) is 24.4 Å². The molecular weight excluding hydrogens is 140 g/mol. The predicted molar refractivity (Wildman–Crippen MR) is 42.0 cm³/mol. The molecule has 1 aromatic rings. The average molecular weight is 152 g/mol. The molecule has 0 bridgehead atoms. The SMILES string of the molecule is C=C(CC)Cn1nnnc1C. The van der Waals surface area contributed by atoms with Crippen LogP contribution in [0.2, 0.25) is 0 Å². The van der Waals surface area contributed by atoms with Crippen LogP contribution in [0.3, 0.4) is 0 Å². The Kier molecular flexibility index (Phi) is 2.36. The van der Waals surface area contributed by atoms with Gasteiger partial charge in [0.2, 0.25) is 0 Å². The standard InChI is InChI=1S/C7H12N4/c1-4-6(2)5-11-7(3)8-9-10-11/h2,4-5H2,1,3H3. The van der Waals surface area contributed by atoms with Crippen LogP contribution in [0.1, 0.15) is 19.2 Å². The molecule has 0 atom stereocenters. The fourth-order valence-corrected chi connectivity index (χ4v) is 0.719. The smallest absolute Gasteiger partial charge is 0.148 e. The van der Waals surface area contributed by atoms with Crippen molar-refractivity contribution in [3.8, 4) is 0 Å². The van der Waals surface area contributed by atoms with Crippen LogP contribution < -0.4 is 0 Å². The Morgan fingerprint density at radius 3 is 2.82 bits per heavy atom. The first-order valence-electron chi connectivity index (χ1n) is 3.63. The molecular formula is C7H12N4. The van der Waals surface area contributed by atoms with E-state index < -0.39 is 0 Å². The van der Waals surface area contributed by atoms with Crippen LogP contribution in [0.4, 0.5) is 0 Å². The quantitative estimate of drug-likeness (QED) is 0.605. The van der Waals surface area contributed by atoms with Gasteiger partial charge in [-0.15, -0.1) is 5.10 Å². The van der Waals surface area contributed by atoms with Crippen LogP contribution in [-0.2, 0) is 6.54 Å². The van der Waals surface area contributed by atoms with Crippen molar-refractivity contribution < 1.29 is 0 Å². The Bertz CT molecular complexity index is 251. The van der Waals surface area contributed by atoms with Crippen LogP contribution in [0.15, 0.2) is 12.2 Å². The van der Waals surface area contributed by atoms with Gasteiger partial charge in [0.25, 0.3) is 0 Å². The number of aromatic nitrogens is 4. The van der Waals surface area contributed by atoms with Crippen LogP contribution in [-0.4, -0.2) is 20.2 Å². The highest BCUT2D eigenvalue weighted by Gasteiger charge is 1.99. The lowest BCUT2D eigenvalue weighted by Gasteiger charge is -2.01. The monoisotopic (exact) mass is 152 g/mol. The summed E-state index contributed by atoms with van der Waals surface area (Å²) < 4.78 is 1.74. The minimum atomic E-state index is 0.731. The Hall–Kier alpha value is -1.19. The van der Waals surface area contributed by atoms with Crippen molar-refractivity contribution in [1.82, 2.24) is 20.2 Å². The summed E-state index contributed by atoms with van der Waals surface area (Å²) in [5.41, 5.74) is 1.14. The number of rotatable bonds is 3. The Morgan fingerprint density at radius 2 is 2.36 bits per heavy atom. The minimum Gasteiger partial charge on any atom is -0.226 e. The van der Waals surface area contributed by atoms with E-state index in [1.165, 1.54) is 0 Å². The number of allylic oxidation sites excluding steroid dienone is 1. The van der Waals surface area contributed by atoms with Crippen molar-refractivity contribution >= 4 is 0 Å². The van der Waals surface area contributed by atoms with Crippen molar-refractivity contribution in [3.05, 3.63) is 18.0 Å². The van der Waals surface area contributed by atoms with Gasteiger partial charge >= 0.3 is 0 Å². The zero-order chi connectivity index (χ0) is 8.27. The van der Waals surface area contributed by atoms with Crippen molar-refractivity contribution in [1.29, 1.82) is 0 Å². The van der Waals surface area contributed by atoms with E-state index in [1.807, 2.05) is 6.92 Å². The maximum atomic E-state index is 3.87. The van der Waals surface area contributed by atoms with Crippen LogP contribution in [0.25, 0.3) is 0 Å². The summed E-state index contributed by atoms with van der Waals surface area (Å²) >= 11 is 0. The van der Waals surface area contributed by atoms with Crippen LogP contribution in [0, 0.1) is 6.92 Å². The van der Waals surface area contributed by atoms with Gasteiger partial charge in [0.15, 0.2) is 0 Å². The molecule has 0 aliphatic rings. The van der Waals surface area contributed by atoms with E-state index in [2.05, 4.69) is 29.0 Å². The van der Waals surface area contributed by atoms with E-state index in [0.29, 0.717) is 0 Å². The summed E-state index contributed by atoms with van der Waals surface area (Å²) in [7, 11) is 0. The fraction of sp³-hybridized carbons (Fsp3) is 0.571. The second-order valence-corrected chi connectivity index (χ2v) is 2.49. The van der Waals surface area contributed by atoms with E-state index in [4.69, 9.17) is 0 Å². The highest BCUT2D eigenvalue weighted by atomic mass is 15.5. The van der Waals surface area contributed by atoms with Crippen LogP contribution >= 0.6 is 0 Å². The van der Waals surface area contributed by atoms with Gasteiger partial charge in [-0.05, 0) is 23.8 Å². The molecule has 0 amide bonds.